The zero-order chi connectivity index (χ0) is 22.6. The Morgan fingerprint density at radius 1 is 1.06 bits per heavy atom. The molecule has 0 aliphatic heterocycles. The Bertz CT molecular complexity index is 1260. The molecule has 1 unspecified atom stereocenters. The third-order valence-electron chi connectivity index (χ3n) is 8.38. The van der Waals surface area contributed by atoms with Gasteiger partial charge in [0.25, 0.3) is 0 Å². The van der Waals surface area contributed by atoms with E-state index in [4.69, 9.17) is 6.42 Å². The molecule has 0 spiro atoms. The number of nitrogens with one attached hydrogen (secondary N) is 1. The van der Waals surface area contributed by atoms with Crippen LogP contribution in [-0.4, -0.2) is 15.9 Å². The lowest BCUT2D eigenvalue weighted by molar-refractivity contribution is -0.123. The zero-order valence-electron chi connectivity index (χ0n) is 18.4. The van der Waals surface area contributed by atoms with E-state index in [2.05, 4.69) is 27.3 Å². The lowest BCUT2D eigenvalue weighted by Crippen LogP contribution is -2.30. The number of nitrogens with zero attached hydrogens (tertiary/aromatic N) is 2. The summed E-state index contributed by atoms with van der Waals surface area (Å²) in [7, 11) is 0. The molecule has 3 aromatic rings. The Morgan fingerprint density at radius 3 is 2.52 bits per heavy atom. The number of benzene rings is 1. The second kappa shape index (κ2) is 7.66. The third-order valence-corrected chi connectivity index (χ3v) is 8.38. The Hall–Kier alpha value is -3.26. The lowest BCUT2D eigenvalue weighted by atomic mass is 9.82. The van der Waals surface area contributed by atoms with Crippen LogP contribution in [0.25, 0.3) is 10.9 Å². The lowest BCUT2D eigenvalue weighted by Gasteiger charge is -2.24. The van der Waals surface area contributed by atoms with Crippen LogP contribution < -0.4 is 5.32 Å². The molecule has 5 heteroatoms. The van der Waals surface area contributed by atoms with E-state index in [1.807, 2.05) is 12.3 Å². The van der Waals surface area contributed by atoms with Crippen molar-refractivity contribution in [2.24, 2.45) is 23.2 Å². The van der Waals surface area contributed by atoms with Gasteiger partial charge in [-0.3, -0.25) is 9.78 Å². The summed E-state index contributed by atoms with van der Waals surface area (Å²) in [6.45, 7) is 0. The fourth-order valence-corrected chi connectivity index (χ4v) is 6.58. The molecule has 4 nitrogen and oxygen atoms in total. The molecule has 166 valence electrons. The van der Waals surface area contributed by atoms with E-state index in [0.29, 0.717) is 35.1 Å². The van der Waals surface area contributed by atoms with Crippen LogP contribution in [0.2, 0.25) is 0 Å². The standard InChI is InChI=1S/C28H26FN3O/c1-2-22-4-5-23(16-31-22)32-27(33)28(8-9-28)20-13-17-11-19(12-18(17)14-20)24-7-10-30-26-6-3-21(29)15-25(24)26/h1,3-7,10,15-20H,8-9,11-14H2,(H,32,33)/t17-,18?,19-,20+/m1/s1. The van der Waals surface area contributed by atoms with Gasteiger partial charge in [0.2, 0.25) is 5.91 Å². The Balaban J connectivity index is 1.15. The first-order valence-electron chi connectivity index (χ1n) is 11.8. The maximum atomic E-state index is 13.9. The Morgan fingerprint density at radius 2 is 1.85 bits per heavy atom. The van der Waals surface area contributed by atoms with Gasteiger partial charge in [0.1, 0.15) is 11.5 Å². The summed E-state index contributed by atoms with van der Waals surface area (Å²) in [5, 5.41) is 4.03. The normalized spacial score (nSPS) is 27.2. The van der Waals surface area contributed by atoms with Gasteiger partial charge in [-0.05, 0) is 104 Å². The highest BCUT2D eigenvalue weighted by atomic mass is 19.1. The van der Waals surface area contributed by atoms with Crippen molar-refractivity contribution in [1.82, 2.24) is 9.97 Å². The first-order chi connectivity index (χ1) is 16.1. The predicted octanol–water partition coefficient (Wildman–Crippen LogP) is 5.69. The Kier molecular flexibility index (Phi) is 4.72. The molecule has 4 atom stereocenters. The largest absolute Gasteiger partial charge is 0.324 e. The van der Waals surface area contributed by atoms with Gasteiger partial charge in [0, 0.05) is 11.6 Å². The molecule has 2 heterocycles. The summed E-state index contributed by atoms with van der Waals surface area (Å²) < 4.78 is 13.9. The minimum atomic E-state index is -0.225. The maximum Gasteiger partial charge on any atom is 0.230 e. The van der Waals surface area contributed by atoms with Crippen molar-refractivity contribution in [3.05, 3.63) is 65.9 Å². The molecule has 3 fully saturated rings. The number of pyridine rings is 2. The first kappa shape index (κ1) is 20.4. The summed E-state index contributed by atoms with van der Waals surface area (Å²) in [5.74, 6) is 4.59. The van der Waals surface area contributed by atoms with Crippen LogP contribution in [0.4, 0.5) is 10.1 Å². The highest BCUT2D eigenvalue weighted by Gasteiger charge is 2.59. The summed E-state index contributed by atoms with van der Waals surface area (Å²) in [6, 6.07) is 10.5. The number of amides is 1. The van der Waals surface area contributed by atoms with Crippen LogP contribution >= 0.6 is 0 Å². The van der Waals surface area contributed by atoms with E-state index < -0.39 is 0 Å². The number of carbonyl (C=O) groups excluding carboxylic acids is 1. The monoisotopic (exact) mass is 439 g/mol. The zero-order valence-corrected chi connectivity index (χ0v) is 18.4. The van der Waals surface area contributed by atoms with Gasteiger partial charge in [-0.15, -0.1) is 6.42 Å². The quantitative estimate of drug-likeness (QED) is 0.532. The van der Waals surface area contributed by atoms with Crippen LogP contribution in [0, 0.1) is 41.3 Å². The molecule has 0 bridgehead atoms. The topological polar surface area (TPSA) is 54.9 Å². The van der Waals surface area contributed by atoms with Crippen molar-refractivity contribution in [3.8, 4) is 12.3 Å². The molecule has 3 aliphatic rings. The van der Waals surface area contributed by atoms with Crippen LogP contribution in [-0.2, 0) is 4.79 Å². The number of hydrogen-bond acceptors (Lipinski definition) is 3. The molecule has 1 amide bonds. The van der Waals surface area contributed by atoms with E-state index in [-0.39, 0.29) is 17.1 Å². The predicted molar refractivity (Wildman–Crippen MR) is 126 cm³/mol. The summed E-state index contributed by atoms with van der Waals surface area (Å²) >= 11 is 0. The summed E-state index contributed by atoms with van der Waals surface area (Å²) in [5.41, 5.74) is 3.14. The van der Waals surface area contributed by atoms with Crippen molar-refractivity contribution in [1.29, 1.82) is 0 Å². The van der Waals surface area contributed by atoms with Gasteiger partial charge in [-0.1, -0.05) is 5.92 Å². The first-order valence-corrected chi connectivity index (χ1v) is 11.8. The average molecular weight is 440 g/mol. The number of rotatable bonds is 4. The second-order valence-electron chi connectivity index (χ2n) is 10.1. The maximum absolute atomic E-state index is 13.9. The number of halogens is 1. The van der Waals surface area contributed by atoms with Crippen LogP contribution in [0.15, 0.2) is 48.8 Å². The molecular formula is C28H26FN3O. The molecule has 1 N–H and O–H groups in total. The van der Waals surface area contributed by atoms with Gasteiger partial charge < -0.3 is 5.32 Å². The highest BCUT2D eigenvalue weighted by Crippen LogP contribution is 2.63. The van der Waals surface area contributed by atoms with Gasteiger partial charge in [-0.2, -0.15) is 0 Å². The van der Waals surface area contributed by atoms with E-state index in [0.717, 1.165) is 49.4 Å². The van der Waals surface area contributed by atoms with Gasteiger partial charge >= 0.3 is 0 Å². The van der Waals surface area contributed by atoms with Crippen LogP contribution in [0.3, 0.4) is 0 Å². The minimum absolute atomic E-state index is 0.134. The molecule has 0 saturated heterocycles. The minimum Gasteiger partial charge on any atom is -0.324 e. The van der Waals surface area contributed by atoms with E-state index in [1.54, 1.807) is 24.4 Å². The number of fused-ring (bicyclic) bond motifs is 2. The van der Waals surface area contributed by atoms with E-state index in [9.17, 15) is 9.18 Å². The summed E-state index contributed by atoms with van der Waals surface area (Å²) in [4.78, 5) is 21.8. The van der Waals surface area contributed by atoms with E-state index >= 15 is 0 Å². The number of terminal acetylenes is 1. The number of anilines is 1. The molecule has 0 radical (unpaired) electrons. The molecule has 3 aliphatic carbocycles. The molecular weight excluding hydrogens is 413 g/mol. The van der Waals surface area contributed by atoms with Gasteiger partial charge in [0.15, 0.2) is 0 Å². The molecule has 3 saturated carbocycles. The molecule has 33 heavy (non-hydrogen) atoms. The Labute approximate surface area is 193 Å². The van der Waals surface area contributed by atoms with Crippen molar-refractivity contribution >= 4 is 22.5 Å². The number of carbonyl (C=O) groups is 1. The van der Waals surface area contributed by atoms with Gasteiger partial charge in [0.05, 0.1) is 22.8 Å². The second-order valence-corrected chi connectivity index (χ2v) is 10.1. The SMILES string of the molecule is C#Cc1ccc(NC(=O)C2([C@@H]3CC4C[C@H](c5ccnc6ccc(F)cc56)C[C@@H]4C3)CC2)cn1. The molecule has 2 aromatic heterocycles. The molecule has 1 aromatic carbocycles. The molecule has 6 rings (SSSR count). The number of aromatic nitrogens is 2. The van der Waals surface area contributed by atoms with E-state index in [1.165, 1.54) is 11.6 Å². The fourth-order valence-electron chi connectivity index (χ4n) is 6.58. The van der Waals surface area contributed by atoms with Crippen molar-refractivity contribution in [2.45, 2.75) is 44.4 Å². The van der Waals surface area contributed by atoms with Crippen molar-refractivity contribution in [2.75, 3.05) is 5.32 Å². The number of hydrogen-bond donors (Lipinski definition) is 1. The third kappa shape index (κ3) is 3.49. The van der Waals surface area contributed by atoms with Crippen molar-refractivity contribution in [3.63, 3.8) is 0 Å². The van der Waals surface area contributed by atoms with Crippen molar-refractivity contribution < 1.29 is 9.18 Å². The summed E-state index contributed by atoms with van der Waals surface area (Å²) in [6.07, 6.45) is 15.2. The van der Waals surface area contributed by atoms with Gasteiger partial charge in [-0.25, -0.2) is 9.37 Å². The average Bonchev–Trinajstić information content (AvgIpc) is 3.40. The van der Waals surface area contributed by atoms with Crippen LogP contribution in [0.1, 0.15) is 55.7 Å². The fraction of sp³-hybridized carbons (Fsp3) is 0.393. The van der Waals surface area contributed by atoms with Crippen LogP contribution in [0.5, 0.6) is 0 Å². The highest BCUT2D eigenvalue weighted by molar-refractivity contribution is 5.97. The smallest absolute Gasteiger partial charge is 0.230 e.